The maximum Gasteiger partial charge on any atom is 0.433 e. The van der Waals surface area contributed by atoms with Crippen LogP contribution in [0, 0.1) is 0 Å². The zero-order valence-electron chi connectivity index (χ0n) is 10.1. The van der Waals surface area contributed by atoms with Crippen molar-refractivity contribution >= 4 is 5.97 Å². The van der Waals surface area contributed by atoms with Crippen LogP contribution in [0.3, 0.4) is 0 Å². The van der Waals surface area contributed by atoms with Gasteiger partial charge >= 0.3 is 18.3 Å². The summed E-state index contributed by atoms with van der Waals surface area (Å²) in [6, 6.07) is 0.972. The van der Waals surface area contributed by atoms with Gasteiger partial charge in [0.15, 0.2) is 5.69 Å². The topological polar surface area (TPSA) is 39.2 Å². The maximum absolute atomic E-state index is 12.6. The second-order valence-electron chi connectivity index (χ2n) is 3.68. The number of pyridine rings is 1. The van der Waals surface area contributed by atoms with Gasteiger partial charge in [-0.05, 0) is 19.1 Å². The summed E-state index contributed by atoms with van der Waals surface area (Å²) in [5.41, 5.74) is -4.40. The Bertz CT molecular complexity index is 495. The van der Waals surface area contributed by atoms with Crippen LogP contribution < -0.4 is 0 Å². The third-order valence-electron chi connectivity index (χ3n) is 2.16. The summed E-state index contributed by atoms with van der Waals surface area (Å²) in [7, 11) is 0. The summed E-state index contributed by atoms with van der Waals surface area (Å²) in [6.45, 7) is 1.49. The number of carbonyl (C=O) groups excluding carboxylic acids is 1. The largest absolute Gasteiger partial charge is 0.466 e. The molecule has 0 aliphatic heterocycles. The van der Waals surface area contributed by atoms with Gasteiger partial charge < -0.3 is 4.74 Å². The van der Waals surface area contributed by atoms with Crippen molar-refractivity contribution < 1.29 is 35.9 Å². The predicted molar refractivity (Wildman–Crippen MR) is 54.6 cm³/mol. The molecule has 0 aliphatic carbocycles. The predicted octanol–water partition coefficient (Wildman–Crippen LogP) is 3.22. The van der Waals surface area contributed by atoms with Crippen molar-refractivity contribution in [1.29, 1.82) is 0 Å². The highest BCUT2D eigenvalue weighted by atomic mass is 19.4. The maximum atomic E-state index is 12.6. The number of halogens is 6. The van der Waals surface area contributed by atoms with Crippen molar-refractivity contribution in [2.75, 3.05) is 6.61 Å². The Labute approximate surface area is 109 Å². The molecule has 9 heteroatoms. The molecule has 0 spiro atoms. The first kappa shape index (κ1) is 16.3. The van der Waals surface area contributed by atoms with Gasteiger partial charge in [-0.2, -0.15) is 26.3 Å². The van der Waals surface area contributed by atoms with E-state index in [1.807, 2.05) is 0 Å². The van der Waals surface area contributed by atoms with Gasteiger partial charge in [-0.15, -0.1) is 0 Å². The van der Waals surface area contributed by atoms with Gasteiger partial charge in [0, 0.05) is 0 Å². The summed E-state index contributed by atoms with van der Waals surface area (Å²) < 4.78 is 79.6. The van der Waals surface area contributed by atoms with Crippen LogP contribution in [0.4, 0.5) is 26.3 Å². The van der Waals surface area contributed by atoms with E-state index in [0.29, 0.717) is 0 Å². The summed E-state index contributed by atoms with van der Waals surface area (Å²) in [5.74, 6) is -0.868. The van der Waals surface area contributed by atoms with E-state index in [-0.39, 0.29) is 12.7 Å². The number of ether oxygens (including phenoxy) is 1. The fraction of sp³-hybridized carbons (Fsp3) is 0.455. The van der Waals surface area contributed by atoms with E-state index < -0.39 is 41.7 Å². The zero-order valence-corrected chi connectivity index (χ0v) is 10.1. The lowest BCUT2D eigenvalue weighted by Crippen LogP contribution is -2.20. The SMILES string of the molecule is CCOC(=O)Cc1ccc(C(F)(F)F)c(C(F)(F)F)n1. The van der Waals surface area contributed by atoms with Crippen molar-refractivity contribution in [3.63, 3.8) is 0 Å². The van der Waals surface area contributed by atoms with Crippen LogP contribution in [-0.4, -0.2) is 17.6 Å². The van der Waals surface area contributed by atoms with Crippen LogP contribution in [0.5, 0.6) is 0 Å². The first-order valence-electron chi connectivity index (χ1n) is 5.35. The molecule has 1 aromatic heterocycles. The van der Waals surface area contributed by atoms with Crippen LogP contribution in [0.1, 0.15) is 23.9 Å². The second kappa shape index (κ2) is 5.68. The van der Waals surface area contributed by atoms with Gasteiger partial charge in [0.2, 0.25) is 0 Å². The number of hydrogen-bond donors (Lipinski definition) is 0. The Morgan fingerprint density at radius 2 is 1.75 bits per heavy atom. The molecule has 0 saturated carbocycles. The molecule has 0 bridgehead atoms. The molecule has 112 valence electrons. The number of esters is 1. The Hall–Kier alpha value is -1.80. The third kappa shape index (κ3) is 4.10. The van der Waals surface area contributed by atoms with Crippen LogP contribution in [0.25, 0.3) is 0 Å². The molecule has 0 radical (unpaired) electrons. The van der Waals surface area contributed by atoms with Crippen LogP contribution in [0.2, 0.25) is 0 Å². The van der Waals surface area contributed by atoms with E-state index >= 15 is 0 Å². The highest BCUT2D eigenvalue weighted by Gasteiger charge is 2.44. The van der Waals surface area contributed by atoms with Crippen molar-refractivity contribution in [1.82, 2.24) is 4.98 Å². The molecule has 0 amide bonds. The fourth-order valence-corrected chi connectivity index (χ4v) is 1.40. The first-order chi connectivity index (χ1) is 9.05. The molecule has 1 rings (SSSR count). The molecule has 20 heavy (non-hydrogen) atoms. The minimum atomic E-state index is -5.27. The van der Waals surface area contributed by atoms with Crippen molar-refractivity contribution in [2.45, 2.75) is 25.7 Å². The number of aromatic nitrogens is 1. The third-order valence-corrected chi connectivity index (χ3v) is 2.16. The lowest BCUT2D eigenvalue weighted by molar-refractivity contribution is -0.164. The quantitative estimate of drug-likeness (QED) is 0.635. The Balaban J connectivity index is 3.19. The van der Waals surface area contributed by atoms with Crippen molar-refractivity contribution in [3.05, 3.63) is 29.1 Å². The summed E-state index contributed by atoms with van der Waals surface area (Å²) in [6.07, 6.45) is -11.1. The molecule has 0 aromatic carbocycles. The number of rotatable bonds is 3. The monoisotopic (exact) mass is 301 g/mol. The van der Waals surface area contributed by atoms with Crippen molar-refractivity contribution in [3.8, 4) is 0 Å². The highest BCUT2D eigenvalue weighted by molar-refractivity contribution is 5.72. The van der Waals surface area contributed by atoms with E-state index in [9.17, 15) is 31.1 Å². The molecule has 1 heterocycles. The Kier molecular flexibility index (Phi) is 4.61. The normalized spacial score (nSPS) is 12.3. The van der Waals surface area contributed by atoms with E-state index in [2.05, 4.69) is 9.72 Å². The average Bonchev–Trinajstić information content (AvgIpc) is 2.26. The Morgan fingerprint density at radius 3 is 2.20 bits per heavy atom. The molecule has 0 fully saturated rings. The molecule has 0 N–H and O–H groups in total. The second-order valence-corrected chi connectivity index (χ2v) is 3.68. The van der Waals surface area contributed by atoms with E-state index in [1.165, 1.54) is 6.92 Å². The number of carbonyl (C=O) groups is 1. The standard InChI is InChI=1S/C11H9F6NO2/c1-2-20-8(19)5-6-3-4-7(10(12,13)14)9(18-6)11(15,16)17/h3-4H,2,5H2,1H3. The molecular formula is C11H9F6NO2. The van der Waals surface area contributed by atoms with E-state index in [0.717, 1.165) is 6.07 Å². The van der Waals surface area contributed by atoms with Gasteiger partial charge in [-0.1, -0.05) is 0 Å². The molecule has 0 saturated heterocycles. The lowest BCUT2D eigenvalue weighted by Gasteiger charge is -2.15. The lowest BCUT2D eigenvalue weighted by atomic mass is 10.1. The van der Waals surface area contributed by atoms with Gasteiger partial charge in [0.25, 0.3) is 0 Å². The van der Waals surface area contributed by atoms with Gasteiger partial charge in [0.1, 0.15) is 0 Å². The smallest absolute Gasteiger partial charge is 0.433 e. The summed E-state index contributed by atoms with van der Waals surface area (Å²) >= 11 is 0. The minimum absolute atomic E-state index is 0.00555. The van der Waals surface area contributed by atoms with Gasteiger partial charge in [0.05, 0.1) is 24.3 Å². The molecule has 0 unspecified atom stereocenters. The van der Waals surface area contributed by atoms with Crippen molar-refractivity contribution in [2.24, 2.45) is 0 Å². The number of hydrogen-bond acceptors (Lipinski definition) is 3. The molecule has 0 aliphatic rings. The summed E-state index contributed by atoms with van der Waals surface area (Å²) in [5, 5.41) is 0. The number of nitrogens with zero attached hydrogens (tertiary/aromatic N) is 1. The van der Waals surface area contributed by atoms with Gasteiger partial charge in [-0.3, -0.25) is 4.79 Å². The molecule has 1 aromatic rings. The minimum Gasteiger partial charge on any atom is -0.466 e. The highest BCUT2D eigenvalue weighted by Crippen LogP contribution is 2.39. The van der Waals surface area contributed by atoms with E-state index in [4.69, 9.17) is 0 Å². The fourth-order valence-electron chi connectivity index (χ4n) is 1.40. The van der Waals surface area contributed by atoms with Crippen LogP contribution >= 0.6 is 0 Å². The first-order valence-corrected chi connectivity index (χ1v) is 5.35. The van der Waals surface area contributed by atoms with Gasteiger partial charge in [-0.25, -0.2) is 4.98 Å². The molecule has 0 atom stereocenters. The van der Waals surface area contributed by atoms with Crippen LogP contribution in [0.15, 0.2) is 12.1 Å². The molecule has 3 nitrogen and oxygen atoms in total. The summed E-state index contributed by atoms with van der Waals surface area (Å²) in [4.78, 5) is 14.0. The van der Waals surface area contributed by atoms with E-state index in [1.54, 1.807) is 0 Å². The zero-order chi connectivity index (χ0) is 15.6. The Morgan fingerprint density at radius 1 is 1.15 bits per heavy atom. The van der Waals surface area contributed by atoms with Crippen LogP contribution in [-0.2, 0) is 28.3 Å². The number of alkyl halides is 6. The average molecular weight is 301 g/mol. The molecular weight excluding hydrogens is 292 g/mol.